The minimum atomic E-state index is -0.487. The first-order valence-electron chi connectivity index (χ1n) is 5.72. The zero-order chi connectivity index (χ0) is 13.2. The van der Waals surface area contributed by atoms with Crippen molar-refractivity contribution in [1.29, 1.82) is 0 Å². The molecule has 18 heavy (non-hydrogen) atoms. The second kappa shape index (κ2) is 8.01. The van der Waals surface area contributed by atoms with E-state index in [9.17, 15) is 9.59 Å². The standard InChI is InChI=1S/C15H16O3/c1-13(16)12-15(17)18-11-7-3-6-10-14-8-4-2-5-9-14/h2-10H,11-12H2,1H3. The van der Waals surface area contributed by atoms with E-state index < -0.39 is 5.97 Å². The van der Waals surface area contributed by atoms with Gasteiger partial charge < -0.3 is 4.74 Å². The molecule has 0 aliphatic carbocycles. The molecule has 0 bridgehead atoms. The molecular formula is C15H16O3. The Bertz CT molecular complexity index is 444. The van der Waals surface area contributed by atoms with Gasteiger partial charge in [0.2, 0.25) is 0 Å². The second-order valence-electron chi connectivity index (χ2n) is 3.76. The van der Waals surface area contributed by atoms with Gasteiger partial charge in [0.1, 0.15) is 18.8 Å². The second-order valence-corrected chi connectivity index (χ2v) is 3.76. The first-order chi connectivity index (χ1) is 8.68. The van der Waals surface area contributed by atoms with Gasteiger partial charge in [-0.15, -0.1) is 0 Å². The van der Waals surface area contributed by atoms with E-state index in [4.69, 9.17) is 4.74 Å². The zero-order valence-corrected chi connectivity index (χ0v) is 10.3. The maximum Gasteiger partial charge on any atom is 0.313 e. The van der Waals surface area contributed by atoms with Crippen molar-refractivity contribution in [1.82, 2.24) is 0 Å². The van der Waals surface area contributed by atoms with Crippen LogP contribution in [0.5, 0.6) is 0 Å². The number of ether oxygens (including phenoxy) is 1. The zero-order valence-electron chi connectivity index (χ0n) is 10.3. The number of rotatable bonds is 6. The summed E-state index contributed by atoms with van der Waals surface area (Å²) in [6, 6.07) is 9.88. The molecule has 0 aliphatic heterocycles. The molecule has 0 heterocycles. The Morgan fingerprint density at radius 1 is 1.17 bits per heavy atom. The molecule has 0 saturated carbocycles. The summed E-state index contributed by atoms with van der Waals surface area (Å²) in [6.45, 7) is 1.55. The number of esters is 1. The van der Waals surface area contributed by atoms with Crippen LogP contribution in [0.15, 0.2) is 48.6 Å². The maximum atomic E-state index is 11.0. The molecule has 0 aromatic heterocycles. The van der Waals surface area contributed by atoms with Gasteiger partial charge >= 0.3 is 5.97 Å². The number of carbonyl (C=O) groups is 2. The first kappa shape index (κ1) is 13.9. The van der Waals surface area contributed by atoms with Crippen LogP contribution in [0, 0.1) is 0 Å². The van der Waals surface area contributed by atoms with Crippen molar-refractivity contribution in [2.75, 3.05) is 6.61 Å². The van der Waals surface area contributed by atoms with E-state index in [1.807, 2.05) is 42.5 Å². The van der Waals surface area contributed by atoms with Crippen LogP contribution in [-0.2, 0) is 14.3 Å². The van der Waals surface area contributed by atoms with Gasteiger partial charge in [-0.1, -0.05) is 48.6 Å². The van der Waals surface area contributed by atoms with E-state index in [0.29, 0.717) is 0 Å². The summed E-state index contributed by atoms with van der Waals surface area (Å²) in [6.07, 6.45) is 7.18. The molecule has 3 nitrogen and oxygen atoms in total. The summed E-state index contributed by atoms with van der Waals surface area (Å²) < 4.78 is 4.82. The number of hydrogen-bond acceptors (Lipinski definition) is 3. The average molecular weight is 244 g/mol. The third kappa shape index (κ3) is 6.43. The summed E-state index contributed by atoms with van der Waals surface area (Å²) >= 11 is 0. The van der Waals surface area contributed by atoms with Crippen LogP contribution < -0.4 is 0 Å². The molecule has 0 atom stereocenters. The predicted octanol–water partition coefficient (Wildman–Crippen LogP) is 2.78. The Hall–Kier alpha value is -2.16. The van der Waals surface area contributed by atoms with Crippen LogP contribution in [0.3, 0.4) is 0 Å². The topological polar surface area (TPSA) is 43.4 Å². The molecule has 0 amide bonds. The normalized spacial score (nSPS) is 10.9. The SMILES string of the molecule is CC(=O)CC(=O)OCC=CC=Cc1ccccc1. The molecule has 0 spiro atoms. The van der Waals surface area contributed by atoms with Crippen LogP contribution in [-0.4, -0.2) is 18.4 Å². The third-order valence-corrected chi connectivity index (χ3v) is 2.07. The van der Waals surface area contributed by atoms with Gasteiger partial charge in [-0.2, -0.15) is 0 Å². The van der Waals surface area contributed by atoms with Crippen molar-refractivity contribution in [2.45, 2.75) is 13.3 Å². The molecule has 0 N–H and O–H groups in total. The van der Waals surface area contributed by atoms with Crippen molar-refractivity contribution in [3.05, 3.63) is 54.1 Å². The van der Waals surface area contributed by atoms with Crippen LogP contribution in [0.2, 0.25) is 0 Å². The van der Waals surface area contributed by atoms with Gasteiger partial charge in [-0.3, -0.25) is 9.59 Å². The summed E-state index contributed by atoms with van der Waals surface area (Å²) in [5.74, 6) is -0.674. The van der Waals surface area contributed by atoms with Crippen LogP contribution in [0.25, 0.3) is 6.08 Å². The van der Waals surface area contributed by atoms with Gasteiger partial charge in [0.15, 0.2) is 0 Å². The smallest absolute Gasteiger partial charge is 0.313 e. The molecule has 0 saturated heterocycles. The average Bonchev–Trinajstić information content (AvgIpc) is 2.34. The van der Waals surface area contributed by atoms with Crippen molar-refractivity contribution in [3.8, 4) is 0 Å². The Morgan fingerprint density at radius 2 is 1.89 bits per heavy atom. The number of hydrogen-bond donors (Lipinski definition) is 0. The molecule has 3 heteroatoms. The number of Topliss-reactive ketones (excluding diaryl/α,β-unsaturated/α-hetero) is 1. The Morgan fingerprint density at radius 3 is 2.56 bits per heavy atom. The number of carbonyl (C=O) groups excluding carboxylic acids is 2. The quantitative estimate of drug-likeness (QED) is 0.439. The lowest BCUT2D eigenvalue weighted by Gasteiger charge is -1.97. The molecule has 1 aromatic carbocycles. The first-order valence-corrected chi connectivity index (χ1v) is 5.72. The molecule has 94 valence electrons. The van der Waals surface area contributed by atoms with Gasteiger partial charge in [-0.25, -0.2) is 0 Å². The minimum absolute atomic E-state index is 0.159. The maximum absolute atomic E-state index is 11.0. The molecule has 0 radical (unpaired) electrons. The van der Waals surface area contributed by atoms with Crippen LogP contribution in [0.1, 0.15) is 18.9 Å². The number of benzene rings is 1. The van der Waals surface area contributed by atoms with Crippen molar-refractivity contribution >= 4 is 17.8 Å². The van der Waals surface area contributed by atoms with E-state index in [2.05, 4.69) is 0 Å². The molecule has 0 aliphatic rings. The minimum Gasteiger partial charge on any atom is -0.461 e. The Kier molecular flexibility index (Phi) is 6.19. The fourth-order valence-corrected chi connectivity index (χ4v) is 1.26. The Labute approximate surface area is 107 Å². The molecular weight excluding hydrogens is 228 g/mol. The Balaban J connectivity index is 2.24. The summed E-state index contributed by atoms with van der Waals surface area (Å²) in [7, 11) is 0. The van der Waals surface area contributed by atoms with Crippen molar-refractivity contribution < 1.29 is 14.3 Å². The monoisotopic (exact) mass is 244 g/mol. The van der Waals surface area contributed by atoms with Gasteiger partial charge in [0.05, 0.1) is 0 Å². The summed E-state index contributed by atoms with van der Waals surface area (Å²) in [4.78, 5) is 21.6. The van der Waals surface area contributed by atoms with Crippen LogP contribution >= 0.6 is 0 Å². The lowest BCUT2D eigenvalue weighted by molar-refractivity contribution is -0.144. The predicted molar refractivity (Wildman–Crippen MR) is 70.9 cm³/mol. The number of allylic oxidation sites excluding steroid dienone is 2. The lowest BCUT2D eigenvalue weighted by Crippen LogP contribution is -2.08. The highest BCUT2D eigenvalue weighted by Crippen LogP contribution is 2.00. The van der Waals surface area contributed by atoms with Crippen LogP contribution in [0.4, 0.5) is 0 Å². The van der Waals surface area contributed by atoms with Gasteiger partial charge in [-0.05, 0) is 18.6 Å². The fraction of sp³-hybridized carbons (Fsp3) is 0.200. The van der Waals surface area contributed by atoms with E-state index in [1.165, 1.54) is 6.92 Å². The highest BCUT2D eigenvalue weighted by Gasteiger charge is 2.03. The molecule has 1 aromatic rings. The fourth-order valence-electron chi connectivity index (χ4n) is 1.26. The van der Waals surface area contributed by atoms with Gasteiger partial charge in [0.25, 0.3) is 0 Å². The highest BCUT2D eigenvalue weighted by atomic mass is 16.5. The largest absolute Gasteiger partial charge is 0.461 e. The van der Waals surface area contributed by atoms with E-state index in [0.717, 1.165) is 5.56 Å². The molecule has 0 unspecified atom stereocenters. The van der Waals surface area contributed by atoms with E-state index in [-0.39, 0.29) is 18.8 Å². The highest BCUT2D eigenvalue weighted by molar-refractivity contribution is 5.94. The summed E-state index contributed by atoms with van der Waals surface area (Å²) in [5, 5.41) is 0. The number of ketones is 1. The van der Waals surface area contributed by atoms with E-state index >= 15 is 0 Å². The van der Waals surface area contributed by atoms with Crippen molar-refractivity contribution in [2.24, 2.45) is 0 Å². The van der Waals surface area contributed by atoms with Gasteiger partial charge in [0, 0.05) is 0 Å². The molecule has 1 rings (SSSR count). The lowest BCUT2D eigenvalue weighted by atomic mass is 10.2. The third-order valence-electron chi connectivity index (χ3n) is 2.07. The van der Waals surface area contributed by atoms with Crippen molar-refractivity contribution in [3.63, 3.8) is 0 Å². The summed E-state index contributed by atoms with van der Waals surface area (Å²) in [5.41, 5.74) is 1.11. The molecule has 0 fully saturated rings. The van der Waals surface area contributed by atoms with E-state index in [1.54, 1.807) is 12.2 Å².